The molecule has 1 fully saturated rings. The van der Waals surface area contributed by atoms with Crippen molar-refractivity contribution < 1.29 is 28.9 Å². The summed E-state index contributed by atoms with van der Waals surface area (Å²) in [5, 5.41) is 10.6. The van der Waals surface area contributed by atoms with Crippen LogP contribution in [0.4, 0.5) is 0 Å². The van der Waals surface area contributed by atoms with E-state index < -0.39 is 17.3 Å². The second kappa shape index (κ2) is 9.65. The molecule has 0 aromatic heterocycles. The standard InChI is InChI=1S/C24H38O6/c1-15-8-10-19(23(5,6)29-18(4)26)11-9-16(2)13-21(28-17(3)25)22-24(7,30-22)14-20(27)12-15/h9,12,19-22,27H,8,10-11,13-14H2,1-7H3/b15-12+,16-9+/t19-,20+,21+,22+,24+/m1/s1. The predicted molar refractivity (Wildman–Crippen MR) is 115 cm³/mol. The van der Waals surface area contributed by atoms with E-state index in [4.69, 9.17) is 14.2 Å². The van der Waals surface area contributed by atoms with Gasteiger partial charge in [-0.25, -0.2) is 0 Å². The van der Waals surface area contributed by atoms with Crippen molar-refractivity contribution in [2.45, 2.75) is 110 Å². The van der Waals surface area contributed by atoms with Gasteiger partial charge in [0.25, 0.3) is 0 Å². The highest BCUT2D eigenvalue weighted by molar-refractivity contribution is 5.66. The summed E-state index contributed by atoms with van der Waals surface area (Å²) in [6, 6.07) is 0. The van der Waals surface area contributed by atoms with Crippen molar-refractivity contribution in [3.05, 3.63) is 23.3 Å². The maximum Gasteiger partial charge on any atom is 0.303 e. The number of epoxide rings is 1. The van der Waals surface area contributed by atoms with Gasteiger partial charge in [-0.1, -0.05) is 23.3 Å². The van der Waals surface area contributed by atoms with Gasteiger partial charge in [0.05, 0.1) is 11.7 Å². The molecule has 1 saturated heterocycles. The zero-order chi connectivity index (χ0) is 22.7. The molecule has 0 aromatic carbocycles. The molecule has 0 bridgehead atoms. The molecule has 0 saturated carbocycles. The van der Waals surface area contributed by atoms with Gasteiger partial charge in [-0.2, -0.15) is 0 Å². The number of fused-ring (bicyclic) bond motifs is 1. The number of hydrogen-bond donors (Lipinski definition) is 1. The third-order valence-corrected chi connectivity index (χ3v) is 6.24. The van der Waals surface area contributed by atoms with Crippen LogP contribution in [-0.4, -0.2) is 46.6 Å². The number of aliphatic hydroxyl groups excluding tert-OH is 1. The molecule has 2 rings (SSSR count). The van der Waals surface area contributed by atoms with Crippen molar-refractivity contribution in [3.63, 3.8) is 0 Å². The van der Waals surface area contributed by atoms with Crippen molar-refractivity contribution in [1.29, 1.82) is 0 Å². The number of hydrogen-bond acceptors (Lipinski definition) is 6. The van der Waals surface area contributed by atoms with Gasteiger partial charge in [-0.15, -0.1) is 0 Å². The van der Waals surface area contributed by atoms with E-state index in [1.807, 2.05) is 40.7 Å². The van der Waals surface area contributed by atoms with Crippen LogP contribution in [0.25, 0.3) is 0 Å². The Hall–Kier alpha value is -1.66. The van der Waals surface area contributed by atoms with Gasteiger partial charge in [-0.3, -0.25) is 9.59 Å². The summed E-state index contributed by atoms with van der Waals surface area (Å²) >= 11 is 0. The van der Waals surface area contributed by atoms with E-state index in [-0.39, 0.29) is 30.1 Å². The number of carbonyl (C=O) groups excluding carboxylic acids is 2. The van der Waals surface area contributed by atoms with Crippen molar-refractivity contribution in [2.75, 3.05) is 0 Å². The Morgan fingerprint density at radius 1 is 1.20 bits per heavy atom. The Morgan fingerprint density at radius 2 is 1.87 bits per heavy atom. The van der Waals surface area contributed by atoms with E-state index in [1.54, 1.807) is 0 Å². The van der Waals surface area contributed by atoms with Gasteiger partial charge in [-0.05, 0) is 53.9 Å². The fraction of sp³-hybridized carbons (Fsp3) is 0.750. The second-order valence-electron chi connectivity index (χ2n) is 9.71. The van der Waals surface area contributed by atoms with Crippen LogP contribution < -0.4 is 0 Å². The summed E-state index contributed by atoms with van der Waals surface area (Å²) in [6.45, 7) is 12.7. The Morgan fingerprint density at radius 3 is 2.47 bits per heavy atom. The number of allylic oxidation sites excluding steroid dienone is 2. The van der Waals surface area contributed by atoms with Crippen LogP contribution >= 0.6 is 0 Å². The van der Waals surface area contributed by atoms with Crippen LogP contribution in [-0.2, 0) is 23.8 Å². The van der Waals surface area contributed by atoms with Gasteiger partial charge >= 0.3 is 11.9 Å². The van der Waals surface area contributed by atoms with E-state index >= 15 is 0 Å². The van der Waals surface area contributed by atoms with Crippen molar-refractivity contribution in [2.24, 2.45) is 5.92 Å². The molecule has 6 heteroatoms. The lowest BCUT2D eigenvalue weighted by atomic mass is 9.82. The van der Waals surface area contributed by atoms with Crippen LogP contribution in [0.2, 0.25) is 0 Å². The zero-order valence-electron chi connectivity index (χ0n) is 19.5. The largest absolute Gasteiger partial charge is 0.460 e. The average Bonchev–Trinajstić information content (AvgIpc) is 3.21. The number of rotatable bonds is 3. The fourth-order valence-corrected chi connectivity index (χ4v) is 4.55. The topological polar surface area (TPSA) is 85.4 Å². The monoisotopic (exact) mass is 422 g/mol. The van der Waals surface area contributed by atoms with Crippen LogP contribution in [0, 0.1) is 5.92 Å². The van der Waals surface area contributed by atoms with E-state index in [0.717, 1.165) is 30.4 Å². The highest BCUT2D eigenvalue weighted by Gasteiger charge is 2.58. The quantitative estimate of drug-likeness (QED) is 0.416. The van der Waals surface area contributed by atoms with Gasteiger partial charge in [0.15, 0.2) is 0 Å². The maximum atomic E-state index is 11.7. The third kappa shape index (κ3) is 6.95. The van der Waals surface area contributed by atoms with Gasteiger partial charge in [0.2, 0.25) is 0 Å². The Balaban J connectivity index is 2.29. The molecule has 0 aromatic rings. The minimum atomic E-state index is -0.627. The third-order valence-electron chi connectivity index (χ3n) is 6.24. The zero-order valence-corrected chi connectivity index (χ0v) is 19.5. The molecule has 30 heavy (non-hydrogen) atoms. The lowest BCUT2D eigenvalue weighted by Gasteiger charge is -2.34. The summed E-state index contributed by atoms with van der Waals surface area (Å²) in [6.07, 6.45) is 6.23. The molecular formula is C24H38O6. The van der Waals surface area contributed by atoms with E-state index in [1.165, 1.54) is 13.8 Å². The number of ether oxygens (including phenoxy) is 3. The molecule has 0 radical (unpaired) electrons. The lowest BCUT2D eigenvalue weighted by molar-refractivity contribution is -0.159. The van der Waals surface area contributed by atoms with E-state index in [2.05, 4.69) is 6.08 Å². The fourth-order valence-electron chi connectivity index (χ4n) is 4.55. The van der Waals surface area contributed by atoms with Gasteiger partial charge in [0.1, 0.15) is 17.8 Å². The summed E-state index contributed by atoms with van der Waals surface area (Å²) in [5.41, 5.74) is 1.10. The normalized spacial score (nSPS) is 36.8. The van der Waals surface area contributed by atoms with E-state index in [9.17, 15) is 14.7 Å². The van der Waals surface area contributed by atoms with Crippen LogP contribution in [0.3, 0.4) is 0 Å². The molecule has 1 aliphatic carbocycles. The first kappa shape index (κ1) is 24.6. The molecule has 6 nitrogen and oxygen atoms in total. The second-order valence-corrected chi connectivity index (χ2v) is 9.71. The first-order valence-electron chi connectivity index (χ1n) is 10.9. The number of esters is 2. The molecule has 1 N–H and O–H groups in total. The SMILES string of the molecule is CC(=O)O[C@H]1C/C(C)=C/C[C@H](C(C)(C)OC(C)=O)CC/C(C)=C/[C@H](O)C[C@]2(C)O[C@@H]12. The van der Waals surface area contributed by atoms with Crippen LogP contribution in [0.15, 0.2) is 23.3 Å². The average molecular weight is 423 g/mol. The van der Waals surface area contributed by atoms with Crippen molar-refractivity contribution in [3.8, 4) is 0 Å². The molecule has 0 amide bonds. The smallest absolute Gasteiger partial charge is 0.303 e. The van der Waals surface area contributed by atoms with Crippen LogP contribution in [0.5, 0.6) is 0 Å². The summed E-state index contributed by atoms with van der Waals surface area (Å²) in [7, 11) is 0. The summed E-state index contributed by atoms with van der Waals surface area (Å²) in [5.74, 6) is -0.505. The van der Waals surface area contributed by atoms with E-state index in [0.29, 0.717) is 12.8 Å². The molecule has 2 aliphatic rings. The minimum Gasteiger partial charge on any atom is -0.460 e. The summed E-state index contributed by atoms with van der Waals surface area (Å²) < 4.78 is 17.1. The maximum absolute atomic E-state index is 11.7. The molecule has 0 unspecified atom stereocenters. The number of carbonyl (C=O) groups is 2. The molecule has 1 aliphatic heterocycles. The molecule has 5 atom stereocenters. The van der Waals surface area contributed by atoms with Gasteiger partial charge < -0.3 is 19.3 Å². The number of aliphatic hydroxyl groups is 1. The minimum absolute atomic E-state index is 0.120. The van der Waals surface area contributed by atoms with Crippen molar-refractivity contribution >= 4 is 11.9 Å². The first-order chi connectivity index (χ1) is 13.8. The molecule has 0 spiro atoms. The van der Waals surface area contributed by atoms with Crippen molar-refractivity contribution in [1.82, 2.24) is 0 Å². The molecular weight excluding hydrogens is 384 g/mol. The Kier molecular flexibility index (Phi) is 7.91. The molecule has 170 valence electrons. The summed E-state index contributed by atoms with van der Waals surface area (Å²) in [4.78, 5) is 23.3. The van der Waals surface area contributed by atoms with Gasteiger partial charge in [0, 0.05) is 32.6 Å². The van der Waals surface area contributed by atoms with Crippen LogP contribution in [0.1, 0.15) is 80.6 Å². The Labute approximate surface area is 180 Å². The predicted octanol–water partition coefficient (Wildman–Crippen LogP) is 4.25. The first-order valence-corrected chi connectivity index (χ1v) is 10.9. The molecule has 1 heterocycles. The lowest BCUT2D eigenvalue weighted by Crippen LogP contribution is -2.36. The highest BCUT2D eigenvalue weighted by Crippen LogP contribution is 2.45. The highest BCUT2D eigenvalue weighted by atomic mass is 16.6. The Bertz CT molecular complexity index is 706.